The van der Waals surface area contributed by atoms with Gasteiger partial charge in [0.05, 0.1) is 0 Å². The summed E-state index contributed by atoms with van der Waals surface area (Å²) in [6, 6.07) is 0. The molecule has 0 amide bonds. The van der Waals surface area contributed by atoms with Gasteiger partial charge in [0.25, 0.3) is 0 Å². The van der Waals surface area contributed by atoms with Crippen molar-refractivity contribution >= 4 is 0 Å². The second-order valence-electron chi connectivity index (χ2n) is 4.77. The summed E-state index contributed by atoms with van der Waals surface area (Å²) in [5.74, 6) is 1.42. The van der Waals surface area contributed by atoms with Crippen LogP contribution in [-0.4, -0.2) is 13.2 Å². The molecule has 0 aromatic carbocycles. The fourth-order valence-electron chi connectivity index (χ4n) is 0.796. The Morgan fingerprint density at radius 2 is 1.45 bits per heavy atom. The largest absolute Gasteiger partial charge is 4.00 e. The molecule has 0 aliphatic heterocycles. The Hall–Kier alpha value is -0.406. The maximum Gasteiger partial charge on any atom is 4.00 e. The van der Waals surface area contributed by atoms with E-state index < -0.39 is 0 Å². The molecule has 0 saturated carbocycles. The molecule has 22 heavy (non-hydrogen) atoms. The average Bonchev–Trinajstić information content (AvgIpc) is 3.02. The molecule has 0 atom stereocenters. The first-order valence-electron chi connectivity index (χ1n) is 7.43. The molecule has 3 heteroatoms. The minimum atomic E-state index is 0. The third kappa shape index (κ3) is 60.4. The molecule has 1 aliphatic carbocycles. The van der Waals surface area contributed by atoms with Gasteiger partial charge < -0.3 is 16.1 Å². The molecule has 0 aromatic heterocycles. The fraction of sp³-hybridized carbons (Fsp3) is 0.526. The topological polar surface area (TPSA) is 46.1 Å². The Balaban J connectivity index is -0.0000000977. The number of allylic oxidation sites excluding steroid dienone is 6. The Bertz CT molecular complexity index is 221. The van der Waals surface area contributed by atoms with E-state index in [4.69, 9.17) is 0 Å². The van der Waals surface area contributed by atoms with E-state index in [1.54, 1.807) is 12.2 Å². The fourth-order valence-corrected chi connectivity index (χ4v) is 0.796. The Kier molecular flexibility index (Phi) is 43.7. The summed E-state index contributed by atoms with van der Waals surface area (Å²) in [5.41, 5.74) is 0. The number of hydrogen-bond acceptors (Lipinski definition) is 2. The van der Waals surface area contributed by atoms with Crippen LogP contribution in [-0.2, 0) is 21.7 Å². The zero-order valence-corrected chi connectivity index (χ0v) is 16.1. The van der Waals surface area contributed by atoms with Crippen molar-refractivity contribution in [1.29, 1.82) is 0 Å². The van der Waals surface area contributed by atoms with Gasteiger partial charge in [-0.3, -0.25) is 6.08 Å². The van der Waals surface area contributed by atoms with Gasteiger partial charge >= 0.3 is 21.7 Å². The van der Waals surface area contributed by atoms with Crippen LogP contribution in [0, 0.1) is 12.0 Å². The molecule has 0 aromatic rings. The van der Waals surface area contributed by atoms with Crippen LogP contribution in [0.25, 0.3) is 0 Å². The van der Waals surface area contributed by atoms with E-state index in [0.29, 0.717) is 0 Å². The van der Waals surface area contributed by atoms with Crippen LogP contribution >= 0.6 is 0 Å². The van der Waals surface area contributed by atoms with Crippen molar-refractivity contribution in [3.05, 3.63) is 55.5 Å². The van der Waals surface area contributed by atoms with Gasteiger partial charge in [-0.2, -0.15) is 26.8 Å². The van der Waals surface area contributed by atoms with Crippen LogP contribution in [0.2, 0.25) is 0 Å². The van der Waals surface area contributed by atoms with Crippen LogP contribution < -0.4 is 10.2 Å². The zero-order valence-electron chi connectivity index (χ0n) is 14.6. The van der Waals surface area contributed by atoms with Crippen molar-refractivity contribution < 1.29 is 31.9 Å². The average molecular weight is 340 g/mol. The first-order valence-corrected chi connectivity index (χ1v) is 7.43. The van der Waals surface area contributed by atoms with Crippen molar-refractivity contribution in [2.24, 2.45) is 0 Å². The monoisotopic (exact) mass is 340 g/mol. The van der Waals surface area contributed by atoms with Crippen molar-refractivity contribution in [2.45, 2.75) is 52.9 Å². The van der Waals surface area contributed by atoms with Gasteiger partial charge in [-0.25, -0.2) is 12.2 Å². The molecule has 0 saturated heterocycles. The van der Waals surface area contributed by atoms with E-state index in [1.807, 2.05) is 12.2 Å². The molecular weight excluding hydrogens is 308 g/mol. The molecule has 0 N–H and O–H groups in total. The SMILES string of the molecule is C=CCCC[O-].C=CCCC[O-].C[C-](C)C.[C-]1=CC=CC1.[Ti+4]. The van der Waals surface area contributed by atoms with Gasteiger partial charge in [-0.1, -0.05) is 25.0 Å². The normalized spacial score (nSPS) is 10.1. The van der Waals surface area contributed by atoms with Crippen LogP contribution in [0.5, 0.6) is 0 Å². The molecule has 124 valence electrons. The number of rotatable bonds is 6. The first kappa shape index (κ1) is 29.6. The number of hydrogen-bond donors (Lipinski definition) is 0. The van der Waals surface area contributed by atoms with Crippen LogP contribution in [0.3, 0.4) is 0 Å². The molecule has 1 rings (SSSR count). The van der Waals surface area contributed by atoms with E-state index in [9.17, 15) is 10.2 Å². The molecule has 0 fully saturated rings. The third-order valence-electron chi connectivity index (χ3n) is 1.69. The summed E-state index contributed by atoms with van der Waals surface area (Å²) in [7, 11) is 0. The maximum absolute atomic E-state index is 9.64. The van der Waals surface area contributed by atoms with Crippen LogP contribution in [0.1, 0.15) is 52.9 Å². The van der Waals surface area contributed by atoms with Gasteiger partial charge in [0.15, 0.2) is 0 Å². The third-order valence-corrected chi connectivity index (χ3v) is 1.69. The molecule has 0 unspecified atom stereocenters. The summed E-state index contributed by atoms with van der Waals surface area (Å²) >= 11 is 0. The molecule has 0 heterocycles. The van der Waals surface area contributed by atoms with Gasteiger partial charge in [-0.05, 0) is 12.8 Å². The quantitative estimate of drug-likeness (QED) is 0.321. The van der Waals surface area contributed by atoms with E-state index in [2.05, 4.69) is 46.1 Å². The summed E-state index contributed by atoms with van der Waals surface area (Å²) < 4.78 is 0. The Morgan fingerprint density at radius 1 is 1.05 bits per heavy atom. The summed E-state index contributed by atoms with van der Waals surface area (Å²) in [4.78, 5) is 0. The van der Waals surface area contributed by atoms with Gasteiger partial charge in [0.2, 0.25) is 0 Å². The first-order chi connectivity index (χ1) is 10.1. The van der Waals surface area contributed by atoms with E-state index in [-0.39, 0.29) is 34.9 Å². The van der Waals surface area contributed by atoms with E-state index in [1.165, 1.54) is 5.92 Å². The van der Waals surface area contributed by atoms with Crippen molar-refractivity contribution in [2.75, 3.05) is 13.2 Å². The second-order valence-corrected chi connectivity index (χ2v) is 4.77. The second kappa shape index (κ2) is 32.5. The van der Waals surface area contributed by atoms with E-state index >= 15 is 0 Å². The summed E-state index contributed by atoms with van der Waals surface area (Å²) in [5, 5.41) is 19.3. The van der Waals surface area contributed by atoms with Crippen LogP contribution in [0.15, 0.2) is 43.5 Å². The van der Waals surface area contributed by atoms with Crippen molar-refractivity contribution in [1.82, 2.24) is 0 Å². The predicted molar refractivity (Wildman–Crippen MR) is 90.4 cm³/mol. The van der Waals surface area contributed by atoms with Crippen molar-refractivity contribution in [3.63, 3.8) is 0 Å². The maximum atomic E-state index is 9.64. The van der Waals surface area contributed by atoms with Crippen molar-refractivity contribution in [3.8, 4) is 0 Å². The van der Waals surface area contributed by atoms with Crippen LogP contribution in [0.4, 0.5) is 0 Å². The molecular formula is C19H32O2Ti. The van der Waals surface area contributed by atoms with Gasteiger partial charge in [-0.15, -0.1) is 32.8 Å². The molecule has 0 bridgehead atoms. The molecule has 2 nitrogen and oxygen atoms in total. The van der Waals surface area contributed by atoms with E-state index in [0.717, 1.165) is 32.1 Å². The predicted octanol–water partition coefficient (Wildman–Crippen LogP) is 3.55. The molecule has 0 radical (unpaired) electrons. The summed E-state index contributed by atoms with van der Waals surface area (Å²) in [6.45, 7) is 13.2. The minimum Gasteiger partial charge on any atom is -0.854 e. The Morgan fingerprint density at radius 3 is 1.55 bits per heavy atom. The number of unbranched alkanes of at least 4 members (excludes halogenated alkanes) is 2. The van der Waals surface area contributed by atoms with Gasteiger partial charge in [0.1, 0.15) is 0 Å². The zero-order chi connectivity index (χ0) is 16.8. The minimum absolute atomic E-state index is 0. The molecule has 0 spiro atoms. The Labute approximate surface area is 153 Å². The smallest absolute Gasteiger partial charge is 0.854 e. The summed E-state index contributed by atoms with van der Waals surface area (Å²) in [6.07, 6.45) is 16.7. The van der Waals surface area contributed by atoms with Gasteiger partial charge in [0, 0.05) is 0 Å². The molecule has 1 aliphatic rings. The standard InChI is InChI=1S/2C5H9O.C5H5.C4H9.Ti/c2*1-2-3-4-5-6;1-2-4-5-3-1;1-4(2)3;/h2*2H,1,3-5H2;1-3H,4H2;1-3H3;/q4*-1;+4.